The lowest BCUT2D eigenvalue weighted by atomic mass is 10.1. The van der Waals surface area contributed by atoms with Crippen molar-refractivity contribution in [3.8, 4) is 11.5 Å². The summed E-state index contributed by atoms with van der Waals surface area (Å²) in [5.74, 6) is 1.89. The molecule has 5 rings (SSSR count). The van der Waals surface area contributed by atoms with Gasteiger partial charge in [0.05, 0.1) is 22.4 Å². The van der Waals surface area contributed by atoms with E-state index in [1.165, 1.54) is 18.5 Å². The van der Waals surface area contributed by atoms with Gasteiger partial charge in [0.25, 0.3) is 0 Å². The standard InChI is InChI=1S/C30H27ClF3N5O3/c1-18(7-9-22-6-3-13-41-22)38-29(40)19-11-12-35-27-24(14-19)28(37-17-36-27)39-21-8-10-26(25(31)16-21)42-23-5-2-4-20(15-23)30(32,33)34/h2-6,8,10,13-18H,7,9,11-12H2,1H3,(H,38,40)(H2,35,36,37,39). The monoisotopic (exact) mass is 597 g/mol. The van der Waals surface area contributed by atoms with Crippen LogP contribution in [0.5, 0.6) is 11.5 Å². The molecule has 4 aromatic rings. The number of alkyl halides is 3. The van der Waals surface area contributed by atoms with Crippen LogP contribution >= 0.6 is 11.6 Å². The summed E-state index contributed by atoms with van der Waals surface area (Å²) in [4.78, 5) is 21.8. The van der Waals surface area contributed by atoms with Crippen molar-refractivity contribution in [1.29, 1.82) is 0 Å². The van der Waals surface area contributed by atoms with Gasteiger partial charge >= 0.3 is 6.18 Å². The Bertz CT molecular complexity index is 1590. The van der Waals surface area contributed by atoms with Crippen molar-refractivity contribution in [3.63, 3.8) is 0 Å². The fourth-order valence-electron chi connectivity index (χ4n) is 4.38. The molecule has 12 heteroatoms. The SMILES string of the molecule is CC(CCc1ccco1)NC(=O)C1=Cc2c(ncnc2Nc2ccc(Oc3cccc(C(F)(F)F)c3)c(Cl)c2)NCC1. The zero-order valence-corrected chi connectivity index (χ0v) is 23.2. The fraction of sp³-hybridized carbons (Fsp3) is 0.233. The quantitative estimate of drug-likeness (QED) is 0.182. The Hall–Kier alpha value is -4.51. The molecular weight excluding hydrogens is 571 g/mol. The molecule has 0 bridgehead atoms. The molecule has 2 aromatic carbocycles. The number of anilines is 3. The third-order valence-electron chi connectivity index (χ3n) is 6.55. The van der Waals surface area contributed by atoms with Crippen molar-refractivity contribution in [1.82, 2.24) is 15.3 Å². The molecule has 0 spiro atoms. The highest BCUT2D eigenvalue weighted by Crippen LogP contribution is 2.36. The topological polar surface area (TPSA) is 101 Å². The number of hydrogen-bond donors (Lipinski definition) is 3. The van der Waals surface area contributed by atoms with E-state index in [2.05, 4.69) is 25.9 Å². The van der Waals surface area contributed by atoms with Crippen LogP contribution in [0.15, 0.2) is 77.2 Å². The lowest BCUT2D eigenvalue weighted by molar-refractivity contribution is -0.137. The van der Waals surface area contributed by atoms with Crippen LogP contribution in [0.2, 0.25) is 5.02 Å². The van der Waals surface area contributed by atoms with Gasteiger partial charge in [-0.25, -0.2) is 9.97 Å². The molecule has 42 heavy (non-hydrogen) atoms. The van der Waals surface area contributed by atoms with Crippen LogP contribution in [0.1, 0.15) is 36.7 Å². The Kier molecular flexibility index (Phi) is 8.67. The summed E-state index contributed by atoms with van der Waals surface area (Å²) in [5.41, 5.74) is 0.903. The highest BCUT2D eigenvalue weighted by molar-refractivity contribution is 6.32. The number of rotatable bonds is 9. The minimum absolute atomic E-state index is 0.00542. The first-order valence-corrected chi connectivity index (χ1v) is 13.6. The normalized spacial score (nSPS) is 13.7. The number of furan rings is 1. The second-order valence-electron chi connectivity index (χ2n) is 9.72. The van der Waals surface area contributed by atoms with Crippen LogP contribution in [0, 0.1) is 0 Å². The minimum Gasteiger partial charge on any atom is -0.469 e. The van der Waals surface area contributed by atoms with Gasteiger partial charge in [-0.05, 0) is 74.4 Å². The van der Waals surface area contributed by atoms with E-state index in [4.69, 9.17) is 20.8 Å². The zero-order valence-electron chi connectivity index (χ0n) is 22.5. The van der Waals surface area contributed by atoms with Crippen LogP contribution in [0.4, 0.5) is 30.5 Å². The number of ether oxygens (including phenoxy) is 1. The zero-order chi connectivity index (χ0) is 29.7. The molecule has 1 atom stereocenters. The van der Waals surface area contributed by atoms with E-state index >= 15 is 0 Å². The van der Waals surface area contributed by atoms with Gasteiger partial charge in [0.1, 0.15) is 35.2 Å². The molecule has 3 N–H and O–H groups in total. The Morgan fingerprint density at radius 1 is 1.17 bits per heavy atom. The van der Waals surface area contributed by atoms with E-state index in [9.17, 15) is 18.0 Å². The molecule has 1 aliphatic rings. The molecule has 218 valence electrons. The molecule has 2 aromatic heterocycles. The summed E-state index contributed by atoms with van der Waals surface area (Å²) >= 11 is 6.41. The Morgan fingerprint density at radius 2 is 2.02 bits per heavy atom. The first-order chi connectivity index (χ1) is 20.2. The molecule has 0 radical (unpaired) electrons. The van der Waals surface area contributed by atoms with E-state index in [1.54, 1.807) is 30.5 Å². The molecular formula is C30H27ClF3N5O3. The van der Waals surface area contributed by atoms with Crippen LogP contribution in [0.3, 0.4) is 0 Å². The average molecular weight is 598 g/mol. The Labute approximate surface area is 245 Å². The van der Waals surface area contributed by atoms with Crippen LogP contribution in [-0.2, 0) is 17.4 Å². The molecule has 0 fully saturated rings. The number of nitrogens with zero attached hydrogens (tertiary/aromatic N) is 2. The van der Waals surface area contributed by atoms with Crippen molar-refractivity contribution in [2.75, 3.05) is 17.2 Å². The number of aromatic nitrogens is 2. The third-order valence-corrected chi connectivity index (χ3v) is 6.84. The van der Waals surface area contributed by atoms with Gasteiger partial charge in [-0.2, -0.15) is 13.2 Å². The van der Waals surface area contributed by atoms with E-state index in [1.807, 2.05) is 19.1 Å². The van der Waals surface area contributed by atoms with Gasteiger partial charge in [-0.3, -0.25) is 4.79 Å². The van der Waals surface area contributed by atoms with Gasteiger partial charge in [0, 0.05) is 30.3 Å². The first-order valence-electron chi connectivity index (χ1n) is 13.2. The van der Waals surface area contributed by atoms with Crippen molar-refractivity contribution in [2.45, 2.75) is 38.4 Å². The lowest BCUT2D eigenvalue weighted by Crippen LogP contribution is -2.34. The minimum atomic E-state index is -4.49. The van der Waals surface area contributed by atoms with Gasteiger partial charge in [-0.15, -0.1) is 0 Å². The molecule has 1 unspecified atom stereocenters. The average Bonchev–Trinajstić information content (AvgIpc) is 3.38. The number of amides is 1. The summed E-state index contributed by atoms with van der Waals surface area (Å²) in [6.45, 7) is 2.46. The summed E-state index contributed by atoms with van der Waals surface area (Å²) < 4.78 is 50.2. The van der Waals surface area contributed by atoms with E-state index in [0.717, 1.165) is 24.3 Å². The molecule has 0 saturated heterocycles. The number of halogens is 4. The van der Waals surface area contributed by atoms with Crippen LogP contribution in [0.25, 0.3) is 6.08 Å². The number of hydrogen-bond acceptors (Lipinski definition) is 7. The molecule has 1 amide bonds. The summed E-state index contributed by atoms with van der Waals surface area (Å²) in [6, 6.07) is 13.0. The smallest absolute Gasteiger partial charge is 0.416 e. The number of carbonyl (C=O) groups is 1. The number of aryl methyl sites for hydroxylation is 1. The second-order valence-corrected chi connectivity index (χ2v) is 10.1. The number of benzene rings is 2. The molecule has 8 nitrogen and oxygen atoms in total. The largest absolute Gasteiger partial charge is 0.469 e. The number of carbonyl (C=O) groups excluding carboxylic acids is 1. The maximum Gasteiger partial charge on any atom is 0.416 e. The van der Waals surface area contributed by atoms with E-state index in [0.29, 0.717) is 47.8 Å². The predicted octanol–water partition coefficient (Wildman–Crippen LogP) is 7.61. The summed E-state index contributed by atoms with van der Waals surface area (Å²) in [7, 11) is 0. The highest BCUT2D eigenvalue weighted by atomic mass is 35.5. The van der Waals surface area contributed by atoms with Gasteiger partial charge in [-0.1, -0.05) is 17.7 Å². The van der Waals surface area contributed by atoms with Gasteiger partial charge in [0.15, 0.2) is 0 Å². The molecule has 3 heterocycles. The maximum atomic E-state index is 13.1. The molecule has 0 aliphatic carbocycles. The first kappa shape index (κ1) is 29.0. The third kappa shape index (κ3) is 7.22. The van der Waals surface area contributed by atoms with Crippen LogP contribution in [-0.4, -0.2) is 28.5 Å². The van der Waals surface area contributed by atoms with Crippen LogP contribution < -0.4 is 20.7 Å². The van der Waals surface area contributed by atoms with Gasteiger partial charge < -0.3 is 25.1 Å². The van der Waals surface area contributed by atoms with Crippen molar-refractivity contribution in [2.24, 2.45) is 0 Å². The summed E-state index contributed by atoms with van der Waals surface area (Å²) in [6.07, 6.45) is 2.23. The maximum absolute atomic E-state index is 13.1. The van der Waals surface area contributed by atoms with Crippen molar-refractivity contribution >= 4 is 40.9 Å². The highest BCUT2D eigenvalue weighted by Gasteiger charge is 2.30. The molecule has 1 aliphatic heterocycles. The van der Waals surface area contributed by atoms with Crippen molar-refractivity contribution in [3.05, 3.63) is 94.7 Å². The number of nitrogens with one attached hydrogen (secondary N) is 3. The second kappa shape index (κ2) is 12.6. The van der Waals surface area contributed by atoms with E-state index in [-0.39, 0.29) is 28.5 Å². The summed E-state index contributed by atoms with van der Waals surface area (Å²) in [5, 5.41) is 9.65. The Morgan fingerprint density at radius 3 is 2.79 bits per heavy atom. The Balaban J connectivity index is 1.30. The predicted molar refractivity (Wildman–Crippen MR) is 154 cm³/mol. The lowest BCUT2D eigenvalue weighted by Gasteiger charge is -2.15. The van der Waals surface area contributed by atoms with Crippen molar-refractivity contribution < 1.29 is 27.1 Å². The number of fused-ring (bicyclic) bond motifs is 1. The van der Waals surface area contributed by atoms with Gasteiger partial charge in [0.2, 0.25) is 5.91 Å². The molecule has 0 saturated carbocycles. The fourth-order valence-corrected chi connectivity index (χ4v) is 4.60. The van der Waals surface area contributed by atoms with E-state index < -0.39 is 11.7 Å².